The molecule has 1 fully saturated rings. The van der Waals surface area contributed by atoms with Gasteiger partial charge in [-0.15, -0.1) is 0 Å². The molecule has 0 radical (unpaired) electrons. The van der Waals surface area contributed by atoms with E-state index >= 15 is 0 Å². The Labute approximate surface area is 326 Å². The fourth-order valence-corrected chi connectivity index (χ4v) is 8.02. The van der Waals surface area contributed by atoms with Crippen LogP contribution in [-0.2, 0) is 35.1 Å². The number of aliphatic hydroxyl groups is 2. The van der Waals surface area contributed by atoms with Crippen LogP contribution in [0, 0.1) is 23.7 Å². The standard InChI is InChI=1S/C40H64ClN5O8/c1-12-23(6)35(45(9)39(50)34(22(4)5)44-38(49)33(42-8)21(2)3)31(53-10)20-32(47)46-29-18-26(29)19-30(46)36(54-11)24(7)37(48)43-28(40(51)52)17-25-15-13-14-16-27(25)41/h13-16,18,21-24,28-31,33-36,40,42,51-52H,12,17,19-20H2,1-11H3,(H,43,48)(H,44,49)/t23-,24+,28-,29-,30-,31+,33-,34-,35-,36+/m0/s1. The van der Waals surface area contributed by atoms with Crippen molar-refractivity contribution in [3.05, 3.63) is 46.5 Å². The van der Waals surface area contributed by atoms with Gasteiger partial charge in [0.2, 0.25) is 23.6 Å². The highest BCUT2D eigenvalue weighted by Gasteiger charge is 2.52. The van der Waals surface area contributed by atoms with Gasteiger partial charge in [-0.2, -0.15) is 0 Å². The second-order valence-corrected chi connectivity index (χ2v) is 16.0. The number of halogens is 1. The van der Waals surface area contributed by atoms with E-state index in [0.29, 0.717) is 23.4 Å². The number of methoxy groups -OCH3 is 2. The molecule has 5 N–H and O–H groups in total. The second-order valence-electron chi connectivity index (χ2n) is 15.6. The van der Waals surface area contributed by atoms with Crippen LogP contribution in [0.2, 0.25) is 5.02 Å². The molecule has 4 amide bonds. The molecule has 3 rings (SSSR count). The van der Waals surface area contributed by atoms with Gasteiger partial charge in [-0.05, 0) is 54.8 Å². The van der Waals surface area contributed by atoms with Crippen LogP contribution in [0.25, 0.3) is 0 Å². The Kier molecular flexibility index (Phi) is 17.0. The Morgan fingerprint density at radius 3 is 2.11 bits per heavy atom. The van der Waals surface area contributed by atoms with Crippen molar-refractivity contribution < 1.29 is 38.9 Å². The van der Waals surface area contributed by atoms with Crippen LogP contribution in [0.1, 0.15) is 73.3 Å². The van der Waals surface area contributed by atoms with E-state index in [1.807, 2.05) is 47.6 Å². The smallest absolute Gasteiger partial charge is 0.245 e. The minimum Gasteiger partial charge on any atom is -0.379 e. The molecular formula is C40H64ClN5O8. The van der Waals surface area contributed by atoms with Gasteiger partial charge in [0.25, 0.3) is 0 Å². The van der Waals surface area contributed by atoms with E-state index in [9.17, 15) is 29.4 Å². The third kappa shape index (κ3) is 10.8. The maximum atomic E-state index is 14.4. The van der Waals surface area contributed by atoms with E-state index in [1.54, 1.807) is 55.1 Å². The molecule has 10 atom stereocenters. The summed E-state index contributed by atoms with van der Waals surface area (Å²) in [6.07, 6.45) is 0.104. The van der Waals surface area contributed by atoms with Crippen LogP contribution in [0.5, 0.6) is 0 Å². The normalized spacial score (nSPS) is 21.1. The first-order chi connectivity index (χ1) is 25.4. The molecule has 0 aromatic heterocycles. The summed E-state index contributed by atoms with van der Waals surface area (Å²) in [6, 6.07) is 3.58. The Morgan fingerprint density at radius 2 is 1.59 bits per heavy atom. The number of likely N-dealkylation sites (tertiary alicyclic amines) is 1. The molecular weight excluding hydrogens is 714 g/mol. The number of carbonyl (C=O) groups excluding carboxylic acids is 4. The Hall–Kier alpha value is -3.07. The fraction of sp³-hybridized carbons (Fsp3) is 0.700. The summed E-state index contributed by atoms with van der Waals surface area (Å²) in [5, 5.41) is 29.5. The molecule has 14 heteroatoms. The SMILES string of the molecule is CC[C@H](C)[C@@H]([C@@H](CC(=O)N1[C@H]2C=C2C[C@H]1[C@H](OC)[C@@H](C)C(=O)N[C@@H](Cc1ccccc1Cl)C(O)O)OC)N(C)C(=O)[C@@H](NC(=O)[C@@H](NC)C(C)C)C(C)C. The molecule has 1 aromatic carbocycles. The van der Waals surface area contributed by atoms with Gasteiger partial charge in [0.15, 0.2) is 6.29 Å². The lowest BCUT2D eigenvalue weighted by Crippen LogP contribution is -2.59. The summed E-state index contributed by atoms with van der Waals surface area (Å²) in [6.45, 7) is 13.4. The largest absolute Gasteiger partial charge is 0.379 e. The lowest BCUT2D eigenvalue weighted by Gasteiger charge is -2.41. The van der Waals surface area contributed by atoms with Crippen molar-refractivity contribution >= 4 is 35.2 Å². The highest BCUT2D eigenvalue weighted by Crippen LogP contribution is 2.44. The van der Waals surface area contributed by atoms with Crippen molar-refractivity contribution in [3.8, 4) is 0 Å². The molecule has 1 saturated heterocycles. The number of likely N-dealkylation sites (N-methyl/N-ethyl adjacent to an activating group) is 2. The number of hydrogen-bond donors (Lipinski definition) is 5. The third-order valence-electron chi connectivity index (χ3n) is 11.2. The first kappa shape index (κ1) is 45.3. The Balaban J connectivity index is 1.81. The molecule has 1 aliphatic carbocycles. The molecule has 54 heavy (non-hydrogen) atoms. The average Bonchev–Trinajstić information content (AvgIpc) is 3.78. The fourth-order valence-electron chi connectivity index (χ4n) is 7.80. The van der Waals surface area contributed by atoms with Gasteiger partial charge >= 0.3 is 0 Å². The van der Waals surface area contributed by atoms with Gasteiger partial charge in [0.05, 0.1) is 54.8 Å². The lowest BCUT2D eigenvalue weighted by molar-refractivity contribution is -0.148. The molecule has 1 heterocycles. The van der Waals surface area contributed by atoms with Gasteiger partial charge in [-0.3, -0.25) is 19.2 Å². The van der Waals surface area contributed by atoms with Crippen LogP contribution in [0.15, 0.2) is 35.9 Å². The molecule has 0 spiro atoms. The summed E-state index contributed by atoms with van der Waals surface area (Å²) >= 11 is 6.30. The monoisotopic (exact) mass is 777 g/mol. The molecule has 0 unspecified atom stereocenters. The van der Waals surface area contributed by atoms with Crippen LogP contribution in [-0.4, -0.2) is 127 Å². The summed E-state index contributed by atoms with van der Waals surface area (Å²) < 4.78 is 11.9. The van der Waals surface area contributed by atoms with Crippen LogP contribution >= 0.6 is 11.6 Å². The van der Waals surface area contributed by atoms with E-state index in [0.717, 1.165) is 5.57 Å². The van der Waals surface area contributed by atoms with Gasteiger partial charge in [-0.25, -0.2) is 0 Å². The molecule has 0 saturated carbocycles. The molecule has 0 bridgehead atoms. The minimum atomic E-state index is -1.84. The van der Waals surface area contributed by atoms with E-state index < -0.39 is 60.5 Å². The van der Waals surface area contributed by atoms with Crippen LogP contribution in [0.4, 0.5) is 0 Å². The van der Waals surface area contributed by atoms with Crippen molar-refractivity contribution in [1.82, 2.24) is 25.8 Å². The predicted molar refractivity (Wildman–Crippen MR) is 208 cm³/mol. The second kappa shape index (κ2) is 20.2. The summed E-state index contributed by atoms with van der Waals surface area (Å²) in [5.74, 6) is -2.17. The average molecular weight is 778 g/mol. The molecule has 13 nitrogen and oxygen atoms in total. The maximum absolute atomic E-state index is 14.4. The number of hydrogen-bond acceptors (Lipinski definition) is 9. The third-order valence-corrected chi connectivity index (χ3v) is 11.6. The van der Waals surface area contributed by atoms with E-state index in [4.69, 9.17) is 21.1 Å². The molecule has 2 aliphatic rings. The first-order valence-corrected chi connectivity index (χ1v) is 19.5. The van der Waals surface area contributed by atoms with Crippen molar-refractivity contribution in [1.29, 1.82) is 0 Å². The Morgan fingerprint density at radius 1 is 0.963 bits per heavy atom. The van der Waals surface area contributed by atoms with Crippen molar-refractivity contribution in [2.75, 3.05) is 28.3 Å². The summed E-state index contributed by atoms with van der Waals surface area (Å²) in [5.41, 5.74) is 1.74. The molecule has 1 aromatic rings. The van der Waals surface area contributed by atoms with Crippen molar-refractivity contribution in [2.24, 2.45) is 23.7 Å². The van der Waals surface area contributed by atoms with Crippen LogP contribution in [0.3, 0.4) is 0 Å². The number of amides is 4. The van der Waals surface area contributed by atoms with Crippen LogP contribution < -0.4 is 16.0 Å². The number of nitrogens with one attached hydrogen (secondary N) is 3. The zero-order chi connectivity index (χ0) is 40.6. The zero-order valence-corrected chi connectivity index (χ0v) is 34.6. The number of ether oxygens (including phenoxy) is 2. The summed E-state index contributed by atoms with van der Waals surface area (Å²) in [4.78, 5) is 58.8. The zero-order valence-electron chi connectivity index (χ0n) is 33.8. The van der Waals surface area contributed by atoms with Crippen molar-refractivity contribution in [3.63, 3.8) is 0 Å². The predicted octanol–water partition coefficient (Wildman–Crippen LogP) is 2.90. The number of benzene rings is 1. The highest BCUT2D eigenvalue weighted by molar-refractivity contribution is 6.31. The van der Waals surface area contributed by atoms with Gasteiger partial charge in [-0.1, -0.05) is 90.8 Å². The van der Waals surface area contributed by atoms with E-state index in [2.05, 4.69) is 16.0 Å². The molecule has 1 aliphatic heterocycles. The maximum Gasteiger partial charge on any atom is 0.245 e. The van der Waals surface area contributed by atoms with Gasteiger partial charge in [0.1, 0.15) is 6.04 Å². The number of carbonyl (C=O) groups is 4. The van der Waals surface area contributed by atoms with E-state index in [-0.39, 0.29) is 54.4 Å². The number of rotatable bonds is 21. The van der Waals surface area contributed by atoms with Gasteiger partial charge < -0.3 is 45.4 Å². The first-order valence-electron chi connectivity index (χ1n) is 19.1. The quantitative estimate of drug-likeness (QED) is 0.0931. The molecule has 304 valence electrons. The highest BCUT2D eigenvalue weighted by atomic mass is 35.5. The lowest BCUT2D eigenvalue weighted by atomic mass is 9.89. The Bertz CT molecular complexity index is 1470. The number of nitrogens with zero attached hydrogens (tertiary/aromatic N) is 2. The summed E-state index contributed by atoms with van der Waals surface area (Å²) in [7, 11) is 6.46. The number of aliphatic hydroxyl groups excluding tert-OH is 1. The van der Waals surface area contributed by atoms with Gasteiger partial charge in [0, 0.05) is 26.3 Å². The van der Waals surface area contributed by atoms with Crippen molar-refractivity contribution in [2.45, 2.75) is 129 Å². The topological polar surface area (TPSA) is 170 Å². The number of fused-ring (bicyclic) bond motifs is 1. The van der Waals surface area contributed by atoms with E-state index in [1.165, 1.54) is 14.2 Å². The minimum absolute atomic E-state index is 0.0166.